The van der Waals surface area contributed by atoms with Crippen molar-refractivity contribution in [2.24, 2.45) is 10.7 Å². The average molecular weight is 160 g/mol. The number of hydrogen-bond donors (Lipinski definition) is 1. The number of hydrogen-bond acceptors (Lipinski definition) is 2. The predicted molar refractivity (Wildman–Crippen MR) is 52.7 cm³/mol. The summed E-state index contributed by atoms with van der Waals surface area (Å²) >= 11 is 0. The first-order valence-electron chi connectivity index (χ1n) is 3.80. The Hall–Kier alpha value is -1.57. The SMILES string of the molecule is Cc1cccc(N=CC=CN)c1. The largest absolute Gasteiger partial charge is 0.405 e. The molecule has 2 nitrogen and oxygen atoms in total. The lowest BCUT2D eigenvalue weighted by atomic mass is 10.2. The fourth-order valence-corrected chi connectivity index (χ4v) is 0.887. The summed E-state index contributed by atoms with van der Waals surface area (Å²) in [5.74, 6) is 0. The van der Waals surface area contributed by atoms with Crippen molar-refractivity contribution in [2.45, 2.75) is 6.92 Å². The van der Waals surface area contributed by atoms with Gasteiger partial charge in [-0.2, -0.15) is 0 Å². The number of rotatable bonds is 2. The minimum absolute atomic E-state index is 0.952. The van der Waals surface area contributed by atoms with E-state index in [1.54, 1.807) is 12.3 Å². The predicted octanol–water partition coefficient (Wildman–Crippen LogP) is 2.17. The van der Waals surface area contributed by atoms with Crippen molar-refractivity contribution in [1.82, 2.24) is 0 Å². The fraction of sp³-hybridized carbons (Fsp3) is 0.100. The molecule has 0 heterocycles. The number of benzene rings is 1. The van der Waals surface area contributed by atoms with Crippen molar-refractivity contribution in [3.63, 3.8) is 0 Å². The maximum Gasteiger partial charge on any atom is 0.0632 e. The van der Waals surface area contributed by atoms with Crippen molar-refractivity contribution >= 4 is 11.9 Å². The molecule has 0 aliphatic rings. The summed E-state index contributed by atoms with van der Waals surface area (Å²) in [6.07, 6.45) is 4.83. The van der Waals surface area contributed by atoms with Crippen LogP contribution >= 0.6 is 0 Å². The Labute approximate surface area is 72.4 Å². The quantitative estimate of drug-likeness (QED) is 0.661. The van der Waals surface area contributed by atoms with Crippen molar-refractivity contribution in [1.29, 1.82) is 0 Å². The highest BCUT2D eigenvalue weighted by molar-refractivity contribution is 5.74. The van der Waals surface area contributed by atoms with E-state index in [0.29, 0.717) is 0 Å². The molecule has 0 fully saturated rings. The van der Waals surface area contributed by atoms with Gasteiger partial charge in [-0.15, -0.1) is 0 Å². The molecule has 0 spiro atoms. The van der Waals surface area contributed by atoms with Crippen molar-refractivity contribution in [2.75, 3.05) is 0 Å². The number of nitrogens with zero attached hydrogens (tertiary/aromatic N) is 1. The highest BCUT2D eigenvalue weighted by Gasteiger charge is 1.85. The molecule has 0 amide bonds. The Morgan fingerprint density at radius 3 is 2.92 bits per heavy atom. The third-order valence-electron chi connectivity index (χ3n) is 1.42. The summed E-state index contributed by atoms with van der Waals surface area (Å²) < 4.78 is 0. The molecular formula is C10H12N2. The van der Waals surface area contributed by atoms with E-state index in [9.17, 15) is 0 Å². The van der Waals surface area contributed by atoms with Crippen molar-refractivity contribution in [3.8, 4) is 0 Å². The molecular weight excluding hydrogens is 148 g/mol. The van der Waals surface area contributed by atoms with Crippen LogP contribution in [0.5, 0.6) is 0 Å². The number of aryl methyl sites for hydroxylation is 1. The average Bonchev–Trinajstić information content (AvgIpc) is 2.05. The van der Waals surface area contributed by atoms with Gasteiger partial charge in [-0.05, 0) is 36.9 Å². The maximum absolute atomic E-state index is 5.15. The van der Waals surface area contributed by atoms with Crippen LogP contribution in [0.4, 0.5) is 5.69 Å². The molecule has 2 N–H and O–H groups in total. The normalized spacial score (nSPS) is 11.4. The Kier molecular flexibility index (Phi) is 3.08. The number of aliphatic imine (C=N–C) groups is 1. The maximum atomic E-state index is 5.15. The molecule has 0 atom stereocenters. The van der Waals surface area contributed by atoms with Gasteiger partial charge in [-0.25, -0.2) is 0 Å². The van der Waals surface area contributed by atoms with Gasteiger partial charge in [-0.1, -0.05) is 12.1 Å². The molecule has 0 saturated heterocycles. The van der Waals surface area contributed by atoms with E-state index < -0.39 is 0 Å². The number of nitrogens with two attached hydrogens (primary N) is 1. The van der Waals surface area contributed by atoms with E-state index in [0.717, 1.165) is 5.69 Å². The van der Waals surface area contributed by atoms with E-state index in [2.05, 4.69) is 4.99 Å². The first kappa shape index (κ1) is 8.53. The van der Waals surface area contributed by atoms with Gasteiger partial charge in [0, 0.05) is 6.21 Å². The molecule has 1 rings (SSSR count). The van der Waals surface area contributed by atoms with Gasteiger partial charge in [-0.3, -0.25) is 4.99 Å². The third-order valence-corrected chi connectivity index (χ3v) is 1.42. The lowest BCUT2D eigenvalue weighted by molar-refractivity contribution is 1.43. The van der Waals surface area contributed by atoms with Crippen LogP contribution in [0.3, 0.4) is 0 Å². The third kappa shape index (κ3) is 2.58. The van der Waals surface area contributed by atoms with Gasteiger partial charge in [0.25, 0.3) is 0 Å². The molecule has 1 aromatic carbocycles. The second kappa shape index (κ2) is 4.34. The van der Waals surface area contributed by atoms with E-state index >= 15 is 0 Å². The van der Waals surface area contributed by atoms with Crippen LogP contribution in [0.2, 0.25) is 0 Å². The van der Waals surface area contributed by atoms with Crippen LogP contribution in [0.15, 0.2) is 41.5 Å². The molecule has 12 heavy (non-hydrogen) atoms. The Morgan fingerprint density at radius 2 is 2.25 bits per heavy atom. The molecule has 0 bridgehead atoms. The molecule has 0 aliphatic carbocycles. The zero-order valence-electron chi connectivity index (χ0n) is 7.07. The summed E-state index contributed by atoms with van der Waals surface area (Å²) in [4.78, 5) is 4.16. The van der Waals surface area contributed by atoms with E-state index in [1.165, 1.54) is 11.8 Å². The molecule has 62 valence electrons. The zero-order valence-corrected chi connectivity index (χ0v) is 7.07. The molecule has 0 unspecified atom stereocenters. The molecule has 0 aromatic heterocycles. The van der Waals surface area contributed by atoms with Crippen LogP contribution in [-0.2, 0) is 0 Å². The first-order valence-corrected chi connectivity index (χ1v) is 3.80. The van der Waals surface area contributed by atoms with Crippen molar-refractivity contribution < 1.29 is 0 Å². The monoisotopic (exact) mass is 160 g/mol. The highest BCUT2D eigenvalue weighted by Crippen LogP contribution is 2.12. The summed E-state index contributed by atoms with van der Waals surface area (Å²) in [7, 11) is 0. The Bertz CT molecular complexity index is 300. The molecule has 1 aromatic rings. The summed E-state index contributed by atoms with van der Waals surface area (Å²) in [6, 6.07) is 7.99. The second-order valence-electron chi connectivity index (χ2n) is 2.50. The van der Waals surface area contributed by atoms with E-state index in [1.807, 2.05) is 31.2 Å². The lowest BCUT2D eigenvalue weighted by Crippen LogP contribution is -1.76. The molecule has 2 heteroatoms. The van der Waals surface area contributed by atoms with Gasteiger partial charge in [0.05, 0.1) is 5.69 Å². The minimum atomic E-state index is 0.952. The molecule has 0 aliphatic heterocycles. The van der Waals surface area contributed by atoms with Crippen LogP contribution in [0.25, 0.3) is 0 Å². The summed E-state index contributed by atoms with van der Waals surface area (Å²) in [6.45, 7) is 2.04. The minimum Gasteiger partial charge on any atom is -0.405 e. The smallest absolute Gasteiger partial charge is 0.0632 e. The van der Waals surface area contributed by atoms with Crippen LogP contribution in [0, 0.1) is 6.92 Å². The summed E-state index contributed by atoms with van der Waals surface area (Å²) in [5, 5.41) is 0. The van der Waals surface area contributed by atoms with Gasteiger partial charge < -0.3 is 5.73 Å². The lowest BCUT2D eigenvalue weighted by Gasteiger charge is -1.93. The topological polar surface area (TPSA) is 38.4 Å². The van der Waals surface area contributed by atoms with E-state index in [4.69, 9.17) is 5.73 Å². The molecule has 0 saturated carbocycles. The second-order valence-corrected chi connectivity index (χ2v) is 2.50. The van der Waals surface area contributed by atoms with Gasteiger partial charge in [0.2, 0.25) is 0 Å². The van der Waals surface area contributed by atoms with Crippen molar-refractivity contribution in [3.05, 3.63) is 42.1 Å². The van der Waals surface area contributed by atoms with Gasteiger partial charge in [0.15, 0.2) is 0 Å². The van der Waals surface area contributed by atoms with Gasteiger partial charge >= 0.3 is 0 Å². The summed E-state index contributed by atoms with van der Waals surface area (Å²) in [5.41, 5.74) is 7.31. The van der Waals surface area contributed by atoms with E-state index in [-0.39, 0.29) is 0 Å². The highest BCUT2D eigenvalue weighted by atomic mass is 14.7. The zero-order chi connectivity index (χ0) is 8.81. The Balaban J connectivity index is 2.76. The van der Waals surface area contributed by atoms with Crippen LogP contribution < -0.4 is 5.73 Å². The number of allylic oxidation sites excluding steroid dienone is 1. The first-order chi connectivity index (χ1) is 5.83. The van der Waals surface area contributed by atoms with Gasteiger partial charge in [0.1, 0.15) is 0 Å². The fourth-order valence-electron chi connectivity index (χ4n) is 0.887. The van der Waals surface area contributed by atoms with Crippen LogP contribution in [-0.4, -0.2) is 6.21 Å². The van der Waals surface area contributed by atoms with Crippen LogP contribution in [0.1, 0.15) is 5.56 Å². The standard InChI is InChI=1S/C10H12N2/c1-9-4-2-5-10(8-9)12-7-3-6-11/h2-8H,11H2,1H3. The molecule has 0 radical (unpaired) electrons. The Morgan fingerprint density at radius 1 is 1.42 bits per heavy atom.